The van der Waals surface area contributed by atoms with Gasteiger partial charge in [0.2, 0.25) is 10.0 Å². The highest BCUT2D eigenvalue weighted by Crippen LogP contribution is 2.15. The van der Waals surface area contributed by atoms with Crippen molar-refractivity contribution in [3.63, 3.8) is 0 Å². The Hall–Kier alpha value is -0.860. The van der Waals surface area contributed by atoms with Crippen LogP contribution < -0.4 is 14.8 Å². The van der Waals surface area contributed by atoms with E-state index in [2.05, 4.69) is 10.0 Å². The van der Waals surface area contributed by atoms with Crippen molar-refractivity contribution in [3.8, 4) is 5.75 Å². The SMILES string of the molecule is CCOc1ccc(S(=O)(=O)NCCNCCOC)cc1.Cl. The Kier molecular flexibility index (Phi) is 10.4. The van der Waals surface area contributed by atoms with Gasteiger partial charge in [0.15, 0.2) is 0 Å². The molecule has 6 nitrogen and oxygen atoms in total. The van der Waals surface area contributed by atoms with E-state index in [1.807, 2.05) is 6.92 Å². The van der Waals surface area contributed by atoms with Crippen molar-refractivity contribution in [2.75, 3.05) is 40.0 Å². The lowest BCUT2D eigenvalue weighted by Gasteiger charge is -2.08. The first-order chi connectivity index (χ1) is 9.60. The second-order valence-electron chi connectivity index (χ2n) is 4.04. The summed E-state index contributed by atoms with van der Waals surface area (Å²) < 4.78 is 36.7. The number of hydrogen-bond acceptors (Lipinski definition) is 5. The summed E-state index contributed by atoms with van der Waals surface area (Å²) in [5.74, 6) is 0.660. The largest absolute Gasteiger partial charge is 0.494 e. The van der Waals surface area contributed by atoms with Gasteiger partial charge in [0.25, 0.3) is 0 Å². The highest BCUT2D eigenvalue weighted by molar-refractivity contribution is 7.89. The van der Waals surface area contributed by atoms with Gasteiger partial charge in [0.1, 0.15) is 5.75 Å². The highest BCUT2D eigenvalue weighted by atomic mass is 35.5. The maximum atomic E-state index is 12.0. The summed E-state index contributed by atoms with van der Waals surface area (Å²) in [7, 11) is -1.84. The van der Waals surface area contributed by atoms with E-state index in [1.54, 1.807) is 19.2 Å². The smallest absolute Gasteiger partial charge is 0.240 e. The van der Waals surface area contributed by atoms with E-state index in [9.17, 15) is 8.42 Å². The van der Waals surface area contributed by atoms with Gasteiger partial charge in [-0.1, -0.05) is 0 Å². The zero-order valence-electron chi connectivity index (χ0n) is 12.3. The van der Waals surface area contributed by atoms with Crippen molar-refractivity contribution < 1.29 is 17.9 Å². The Morgan fingerprint density at radius 1 is 1.10 bits per heavy atom. The first kappa shape index (κ1) is 20.1. The summed E-state index contributed by atoms with van der Waals surface area (Å²) in [6.07, 6.45) is 0. The molecule has 0 aromatic heterocycles. The Bertz CT molecular complexity index is 479. The van der Waals surface area contributed by atoms with E-state index < -0.39 is 10.0 Å². The molecule has 8 heteroatoms. The molecule has 21 heavy (non-hydrogen) atoms. The number of halogens is 1. The molecule has 0 spiro atoms. The average Bonchev–Trinajstić information content (AvgIpc) is 2.44. The molecule has 0 aliphatic carbocycles. The van der Waals surface area contributed by atoms with Crippen molar-refractivity contribution in [1.29, 1.82) is 0 Å². The van der Waals surface area contributed by atoms with E-state index in [1.165, 1.54) is 12.1 Å². The summed E-state index contributed by atoms with van der Waals surface area (Å²) in [4.78, 5) is 0.234. The van der Waals surface area contributed by atoms with Gasteiger partial charge < -0.3 is 14.8 Å². The summed E-state index contributed by atoms with van der Waals surface area (Å²) in [6, 6.07) is 6.36. The minimum Gasteiger partial charge on any atom is -0.494 e. The molecular formula is C13H23ClN2O4S. The van der Waals surface area contributed by atoms with Crippen LogP contribution >= 0.6 is 12.4 Å². The lowest BCUT2D eigenvalue weighted by atomic mass is 10.3. The van der Waals surface area contributed by atoms with Crippen molar-refractivity contribution >= 4 is 22.4 Å². The van der Waals surface area contributed by atoms with Crippen LogP contribution in [-0.2, 0) is 14.8 Å². The summed E-state index contributed by atoms with van der Waals surface area (Å²) in [5, 5.41) is 3.06. The summed E-state index contributed by atoms with van der Waals surface area (Å²) >= 11 is 0. The quantitative estimate of drug-likeness (QED) is 0.623. The van der Waals surface area contributed by atoms with Crippen molar-refractivity contribution in [2.24, 2.45) is 0 Å². The standard InChI is InChI=1S/C13H22N2O4S.ClH/c1-3-19-12-4-6-13(7-5-12)20(16,17)15-9-8-14-10-11-18-2;/h4-7,14-15H,3,8-11H2,1-2H3;1H. The van der Waals surface area contributed by atoms with Crippen molar-refractivity contribution in [3.05, 3.63) is 24.3 Å². The Morgan fingerprint density at radius 2 is 1.76 bits per heavy atom. The molecule has 0 aliphatic rings. The molecule has 0 bridgehead atoms. The Labute approximate surface area is 132 Å². The zero-order chi connectivity index (χ0) is 14.8. The normalized spacial score (nSPS) is 11.0. The molecule has 122 valence electrons. The maximum absolute atomic E-state index is 12.0. The van der Waals surface area contributed by atoms with Crippen LogP contribution in [0.25, 0.3) is 0 Å². The molecule has 1 rings (SSSR count). The lowest BCUT2D eigenvalue weighted by Crippen LogP contribution is -2.33. The molecule has 0 saturated heterocycles. The maximum Gasteiger partial charge on any atom is 0.240 e. The van der Waals surface area contributed by atoms with E-state index in [0.717, 1.165) is 0 Å². The van der Waals surface area contributed by atoms with Crippen molar-refractivity contribution in [2.45, 2.75) is 11.8 Å². The topological polar surface area (TPSA) is 76.7 Å². The molecule has 0 aliphatic heterocycles. The number of nitrogens with one attached hydrogen (secondary N) is 2. The molecule has 0 fully saturated rings. The first-order valence-electron chi connectivity index (χ1n) is 6.52. The van der Waals surface area contributed by atoms with E-state index in [4.69, 9.17) is 9.47 Å². The Morgan fingerprint density at radius 3 is 2.33 bits per heavy atom. The van der Waals surface area contributed by atoms with Gasteiger partial charge in [-0.3, -0.25) is 0 Å². The van der Waals surface area contributed by atoms with Crippen LogP contribution in [0.4, 0.5) is 0 Å². The summed E-state index contributed by atoms with van der Waals surface area (Å²) in [5.41, 5.74) is 0. The second-order valence-corrected chi connectivity index (χ2v) is 5.81. The molecule has 1 aromatic carbocycles. The molecular weight excluding hydrogens is 316 g/mol. The van der Waals surface area contributed by atoms with E-state index in [-0.39, 0.29) is 17.3 Å². The van der Waals surface area contributed by atoms with Gasteiger partial charge in [0.05, 0.1) is 18.1 Å². The molecule has 0 amide bonds. The van der Waals surface area contributed by atoms with Gasteiger partial charge in [-0.05, 0) is 31.2 Å². The number of rotatable bonds is 10. The van der Waals surface area contributed by atoms with Crippen LogP contribution in [0.3, 0.4) is 0 Å². The van der Waals surface area contributed by atoms with Gasteiger partial charge in [-0.15, -0.1) is 12.4 Å². The van der Waals surface area contributed by atoms with Crippen molar-refractivity contribution in [1.82, 2.24) is 10.0 Å². The fourth-order valence-corrected chi connectivity index (χ4v) is 2.57. The van der Waals surface area contributed by atoms with Gasteiger partial charge >= 0.3 is 0 Å². The molecule has 0 radical (unpaired) electrons. The molecule has 0 saturated carbocycles. The molecule has 0 atom stereocenters. The fraction of sp³-hybridized carbons (Fsp3) is 0.538. The molecule has 0 heterocycles. The minimum atomic E-state index is -3.46. The third-order valence-electron chi connectivity index (χ3n) is 2.52. The molecule has 0 unspecified atom stereocenters. The predicted octanol–water partition coefficient (Wildman–Crippen LogP) is 1.02. The number of methoxy groups -OCH3 is 1. The molecule has 1 aromatic rings. The number of ether oxygens (including phenoxy) is 2. The van der Waals surface area contributed by atoms with Gasteiger partial charge in [0, 0.05) is 26.7 Å². The van der Waals surface area contributed by atoms with Crippen LogP contribution in [0.1, 0.15) is 6.92 Å². The first-order valence-corrected chi connectivity index (χ1v) is 8.00. The fourth-order valence-electron chi connectivity index (χ4n) is 1.54. The number of benzene rings is 1. The Balaban J connectivity index is 0.00000400. The van der Waals surface area contributed by atoms with E-state index in [0.29, 0.717) is 38.6 Å². The van der Waals surface area contributed by atoms with Gasteiger partial charge in [-0.25, -0.2) is 13.1 Å². The third-order valence-corrected chi connectivity index (χ3v) is 4.00. The second kappa shape index (κ2) is 10.8. The lowest BCUT2D eigenvalue weighted by molar-refractivity contribution is 0.199. The zero-order valence-corrected chi connectivity index (χ0v) is 13.9. The number of sulfonamides is 1. The van der Waals surface area contributed by atoms with Crippen LogP contribution in [0.15, 0.2) is 29.2 Å². The monoisotopic (exact) mass is 338 g/mol. The third kappa shape index (κ3) is 7.63. The molecule has 2 N–H and O–H groups in total. The van der Waals surface area contributed by atoms with E-state index >= 15 is 0 Å². The van der Waals surface area contributed by atoms with Crippen LogP contribution in [0.5, 0.6) is 5.75 Å². The minimum absolute atomic E-state index is 0. The van der Waals surface area contributed by atoms with Crippen LogP contribution in [-0.4, -0.2) is 48.4 Å². The summed E-state index contributed by atoms with van der Waals surface area (Å²) in [6.45, 7) is 4.62. The van der Waals surface area contributed by atoms with Gasteiger partial charge in [-0.2, -0.15) is 0 Å². The average molecular weight is 339 g/mol. The predicted molar refractivity (Wildman–Crippen MR) is 84.8 cm³/mol. The highest BCUT2D eigenvalue weighted by Gasteiger charge is 2.12. The van der Waals surface area contributed by atoms with Crippen LogP contribution in [0.2, 0.25) is 0 Å². The number of hydrogen-bond donors (Lipinski definition) is 2. The van der Waals surface area contributed by atoms with Crippen LogP contribution in [0, 0.1) is 0 Å².